The van der Waals surface area contributed by atoms with Gasteiger partial charge in [0.2, 0.25) is 0 Å². The minimum Gasteiger partial charge on any atom is -0.466 e. The predicted molar refractivity (Wildman–Crippen MR) is 98.5 cm³/mol. The molecular formula is C18H18BNO7. The van der Waals surface area contributed by atoms with E-state index < -0.39 is 19.1 Å². The number of hydrogen-bond acceptors (Lipinski definition) is 8. The van der Waals surface area contributed by atoms with E-state index in [9.17, 15) is 9.59 Å². The van der Waals surface area contributed by atoms with Crippen LogP contribution in [-0.4, -0.2) is 43.3 Å². The monoisotopic (exact) mass is 371 g/mol. The van der Waals surface area contributed by atoms with Crippen LogP contribution in [0.5, 0.6) is 11.5 Å². The van der Waals surface area contributed by atoms with Crippen LogP contribution < -0.4 is 15.5 Å². The molecule has 0 aliphatic carbocycles. The Balaban J connectivity index is 2.27. The van der Waals surface area contributed by atoms with Gasteiger partial charge in [-0.25, -0.2) is 9.59 Å². The summed E-state index contributed by atoms with van der Waals surface area (Å²) in [6, 6.07) is 12.9. The SMILES string of the molecule is COC(=O)/C=C(/Nc1ccccc1Oc1ccc(B(O)O)cc1)C(=O)OC. The van der Waals surface area contributed by atoms with Gasteiger partial charge in [0.1, 0.15) is 11.4 Å². The van der Waals surface area contributed by atoms with Crippen molar-refractivity contribution in [1.82, 2.24) is 0 Å². The molecule has 3 N–H and O–H groups in total. The van der Waals surface area contributed by atoms with Crippen molar-refractivity contribution >= 4 is 30.2 Å². The molecule has 0 atom stereocenters. The smallest absolute Gasteiger partial charge is 0.466 e. The fourth-order valence-electron chi connectivity index (χ4n) is 2.07. The molecule has 0 radical (unpaired) electrons. The van der Waals surface area contributed by atoms with E-state index >= 15 is 0 Å². The maximum Gasteiger partial charge on any atom is 0.488 e. The van der Waals surface area contributed by atoms with Crippen LogP contribution >= 0.6 is 0 Å². The summed E-state index contributed by atoms with van der Waals surface area (Å²) in [5, 5.41) is 21.1. The molecule has 0 unspecified atom stereocenters. The van der Waals surface area contributed by atoms with E-state index in [2.05, 4.69) is 14.8 Å². The molecule has 2 rings (SSSR count). The van der Waals surface area contributed by atoms with Crippen LogP contribution in [0.2, 0.25) is 0 Å². The van der Waals surface area contributed by atoms with Crippen LogP contribution in [0.25, 0.3) is 0 Å². The van der Waals surface area contributed by atoms with Crippen molar-refractivity contribution in [2.45, 2.75) is 0 Å². The molecular weight excluding hydrogens is 353 g/mol. The average molecular weight is 371 g/mol. The van der Waals surface area contributed by atoms with Gasteiger partial charge < -0.3 is 29.6 Å². The van der Waals surface area contributed by atoms with Crippen molar-refractivity contribution in [2.24, 2.45) is 0 Å². The quantitative estimate of drug-likeness (QED) is 0.372. The summed E-state index contributed by atoms with van der Waals surface area (Å²) < 4.78 is 15.0. The number of rotatable bonds is 7. The minimum absolute atomic E-state index is 0.126. The molecule has 0 amide bonds. The van der Waals surface area contributed by atoms with E-state index in [0.29, 0.717) is 22.6 Å². The number of para-hydroxylation sites is 2. The maximum absolute atomic E-state index is 11.9. The van der Waals surface area contributed by atoms with Gasteiger partial charge in [-0.05, 0) is 29.7 Å². The van der Waals surface area contributed by atoms with E-state index in [-0.39, 0.29) is 5.70 Å². The normalized spacial score (nSPS) is 10.7. The Morgan fingerprint density at radius 2 is 1.67 bits per heavy atom. The summed E-state index contributed by atoms with van der Waals surface area (Å²) in [5.74, 6) is -0.671. The standard InChI is InChI=1S/C18H18BNO7/c1-25-17(21)11-15(18(22)26-2)20-14-5-3-4-6-16(14)27-13-9-7-12(8-10-13)19(23)24/h3-11,20,23-24H,1-2H3/b15-11+. The first kappa shape index (κ1) is 20.0. The third-order valence-electron chi connectivity index (χ3n) is 3.43. The Morgan fingerprint density at radius 1 is 1.00 bits per heavy atom. The number of carbonyl (C=O) groups is 2. The predicted octanol–water partition coefficient (Wildman–Crippen LogP) is 0.800. The summed E-state index contributed by atoms with van der Waals surface area (Å²) in [6.45, 7) is 0. The molecule has 2 aromatic carbocycles. The average Bonchev–Trinajstić information content (AvgIpc) is 2.68. The molecule has 9 heteroatoms. The van der Waals surface area contributed by atoms with Gasteiger partial charge in [-0.15, -0.1) is 0 Å². The van der Waals surface area contributed by atoms with E-state index in [1.807, 2.05) is 0 Å². The highest BCUT2D eigenvalue weighted by Crippen LogP contribution is 2.30. The van der Waals surface area contributed by atoms with Gasteiger partial charge >= 0.3 is 19.1 Å². The van der Waals surface area contributed by atoms with Crippen molar-refractivity contribution in [3.8, 4) is 11.5 Å². The number of methoxy groups -OCH3 is 2. The van der Waals surface area contributed by atoms with Crippen LogP contribution in [0.15, 0.2) is 60.3 Å². The molecule has 2 aromatic rings. The second-order valence-corrected chi connectivity index (χ2v) is 5.24. The Kier molecular flexibility index (Phi) is 6.98. The maximum atomic E-state index is 11.9. The highest BCUT2D eigenvalue weighted by atomic mass is 16.5. The zero-order chi connectivity index (χ0) is 19.8. The van der Waals surface area contributed by atoms with Gasteiger partial charge in [-0.1, -0.05) is 24.3 Å². The van der Waals surface area contributed by atoms with Gasteiger partial charge in [0.25, 0.3) is 0 Å². The summed E-state index contributed by atoms with van der Waals surface area (Å²) in [7, 11) is 0.811. The summed E-state index contributed by atoms with van der Waals surface area (Å²) in [6.07, 6.45) is 0.972. The molecule has 0 spiro atoms. The second kappa shape index (κ2) is 9.42. The number of hydrogen-bond donors (Lipinski definition) is 3. The second-order valence-electron chi connectivity index (χ2n) is 5.24. The van der Waals surface area contributed by atoms with Crippen LogP contribution in [0.4, 0.5) is 5.69 Å². The highest BCUT2D eigenvalue weighted by molar-refractivity contribution is 6.58. The lowest BCUT2D eigenvalue weighted by molar-refractivity contribution is -0.138. The third kappa shape index (κ3) is 5.60. The zero-order valence-corrected chi connectivity index (χ0v) is 14.7. The van der Waals surface area contributed by atoms with Crippen LogP contribution in [0.3, 0.4) is 0 Å². The van der Waals surface area contributed by atoms with Gasteiger partial charge in [-0.2, -0.15) is 0 Å². The van der Waals surface area contributed by atoms with Crippen LogP contribution in [0.1, 0.15) is 0 Å². The lowest BCUT2D eigenvalue weighted by Gasteiger charge is -2.14. The van der Waals surface area contributed by atoms with Crippen molar-refractivity contribution in [3.05, 3.63) is 60.3 Å². The van der Waals surface area contributed by atoms with Crippen molar-refractivity contribution < 1.29 is 33.8 Å². The molecule has 0 aliphatic heterocycles. The zero-order valence-electron chi connectivity index (χ0n) is 14.7. The third-order valence-corrected chi connectivity index (χ3v) is 3.43. The lowest BCUT2D eigenvalue weighted by atomic mass is 9.80. The first-order valence-corrected chi connectivity index (χ1v) is 7.82. The highest BCUT2D eigenvalue weighted by Gasteiger charge is 2.15. The van der Waals surface area contributed by atoms with Gasteiger partial charge in [0.15, 0.2) is 5.75 Å². The van der Waals surface area contributed by atoms with E-state index in [4.69, 9.17) is 14.8 Å². The van der Waals surface area contributed by atoms with Gasteiger partial charge in [0, 0.05) is 0 Å². The Bertz CT molecular complexity index is 834. The lowest BCUT2D eigenvalue weighted by Crippen LogP contribution is -2.29. The fourth-order valence-corrected chi connectivity index (χ4v) is 2.07. The Labute approximate surface area is 156 Å². The number of carbonyl (C=O) groups excluding carboxylic acids is 2. The molecule has 0 fully saturated rings. The van der Waals surface area contributed by atoms with Gasteiger partial charge in [-0.3, -0.25) is 0 Å². The summed E-state index contributed by atoms with van der Waals surface area (Å²) >= 11 is 0. The summed E-state index contributed by atoms with van der Waals surface area (Å²) in [5.41, 5.74) is 0.603. The number of nitrogens with one attached hydrogen (secondary N) is 1. The molecule has 27 heavy (non-hydrogen) atoms. The molecule has 0 bridgehead atoms. The van der Waals surface area contributed by atoms with E-state index in [1.54, 1.807) is 36.4 Å². The molecule has 140 valence electrons. The Morgan fingerprint density at radius 3 is 2.26 bits per heavy atom. The van der Waals surface area contributed by atoms with E-state index in [0.717, 1.165) is 6.08 Å². The topological polar surface area (TPSA) is 114 Å². The number of anilines is 1. The Hall–Kier alpha value is -3.30. The molecule has 0 saturated heterocycles. The van der Waals surface area contributed by atoms with E-state index in [1.165, 1.54) is 26.4 Å². The first-order valence-electron chi connectivity index (χ1n) is 7.82. The fraction of sp³-hybridized carbons (Fsp3) is 0.111. The summed E-state index contributed by atoms with van der Waals surface area (Å²) in [4.78, 5) is 23.4. The largest absolute Gasteiger partial charge is 0.488 e. The van der Waals surface area contributed by atoms with Crippen LogP contribution in [0, 0.1) is 0 Å². The first-order chi connectivity index (χ1) is 12.9. The van der Waals surface area contributed by atoms with Crippen molar-refractivity contribution in [2.75, 3.05) is 19.5 Å². The molecule has 8 nitrogen and oxygen atoms in total. The number of esters is 2. The van der Waals surface area contributed by atoms with Gasteiger partial charge in [0.05, 0.1) is 26.0 Å². The number of ether oxygens (including phenoxy) is 3. The molecule has 0 aromatic heterocycles. The molecule has 0 saturated carbocycles. The molecule has 0 aliphatic rings. The number of benzene rings is 2. The molecule has 0 heterocycles. The van der Waals surface area contributed by atoms with Crippen LogP contribution in [-0.2, 0) is 19.1 Å². The minimum atomic E-state index is -1.57. The van der Waals surface area contributed by atoms with Crippen molar-refractivity contribution in [3.63, 3.8) is 0 Å². The van der Waals surface area contributed by atoms with Crippen molar-refractivity contribution in [1.29, 1.82) is 0 Å².